The summed E-state index contributed by atoms with van der Waals surface area (Å²) >= 11 is 0. The van der Waals surface area contributed by atoms with Crippen LogP contribution in [0.2, 0.25) is 0 Å². The van der Waals surface area contributed by atoms with Crippen LogP contribution in [0.5, 0.6) is 0 Å². The lowest BCUT2D eigenvalue weighted by Crippen LogP contribution is -2.43. The fraction of sp³-hybridized carbons (Fsp3) is 0.333. The number of carbonyl (C=O) groups is 2. The maximum Gasteiger partial charge on any atom is 0.330 e. The Labute approximate surface area is 93.3 Å². The van der Waals surface area contributed by atoms with Crippen molar-refractivity contribution in [1.29, 1.82) is 0 Å². The molecule has 0 aromatic heterocycles. The zero-order valence-electron chi connectivity index (χ0n) is 8.93. The quantitative estimate of drug-likeness (QED) is 0.801. The molecule has 1 saturated carbocycles. The van der Waals surface area contributed by atoms with Gasteiger partial charge in [-0.25, -0.2) is 4.79 Å². The fourth-order valence-corrected chi connectivity index (χ4v) is 2.09. The standard InChI is InChI=1S/C12H13NO3/c1-8(14)13-12(11(15)16)7-10(12)9-5-3-2-4-6-9/h2-6,10H,7H2,1H3,(H,13,14)(H,15,16)/t10?,12-/m0/s1. The molecule has 0 aliphatic heterocycles. The highest BCUT2D eigenvalue weighted by Crippen LogP contribution is 2.51. The molecule has 4 heteroatoms. The van der Waals surface area contributed by atoms with E-state index in [2.05, 4.69) is 5.32 Å². The largest absolute Gasteiger partial charge is 0.479 e. The molecule has 0 radical (unpaired) electrons. The highest BCUT2D eigenvalue weighted by Gasteiger charge is 2.61. The number of rotatable bonds is 3. The molecule has 84 valence electrons. The summed E-state index contributed by atoms with van der Waals surface area (Å²) in [4.78, 5) is 22.2. The molecule has 0 saturated heterocycles. The molecule has 0 heterocycles. The van der Waals surface area contributed by atoms with Crippen molar-refractivity contribution >= 4 is 11.9 Å². The summed E-state index contributed by atoms with van der Waals surface area (Å²) in [6, 6.07) is 9.39. The number of carboxylic acid groups (broad SMARTS) is 1. The first-order valence-corrected chi connectivity index (χ1v) is 5.13. The third-order valence-electron chi connectivity index (χ3n) is 2.94. The van der Waals surface area contributed by atoms with Crippen LogP contribution in [0.1, 0.15) is 24.8 Å². The Morgan fingerprint density at radius 3 is 2.50 bits per heavy atom. The molecule has 4 nitrogen and oxygen atoms in total. The van der Waals surface area contributed by atoms with Crippen molar-refractivity contribution in [3.8, 4) is 0 Å². The van der Waals surface area contributed by atoms with E-state index < -0.39 is 11.5 Å². The van der Waals surface area contributed by atoms with Crippen LogP contribution in [0.25, 0.3) is 0 Å². The molecule has 0 spiro atoms. The minimum Gasteiger partial charge on any atom is -0.479 e. The van der Waals surface area contributed by atoms with Gasteiger partial charge in [-0.1, -0.05) is 30.3 Å². The second kappa shape index (κ2) is 3.63. The second-order valence-corrected chi connectivity index (χ2v) is 4.13. The van der Waals surface area contributed by atoms with Crippen molar-refractivity contribution in [2.75, 3.05) is 0 Å². The minimum atomic E-state index is -1.09. The van der Waals surface area contributed by atoms with E-state index >= 15 is 0 Å². The molecule has 16 heavy (non-hydrogen) atoms. The van der Waals surface area contributed by atoms with Crippen molar-refractivity contribution < 1.29 is 14.7 Å². The van der Waals surface area contributed by atoms with E-state index in [1.165, 1.54) is 6.92 Å². The predicted octanol–water partition coefficient (Wildman–Crippen LogP) is 1.13. The first kappa shape index (κ1) is 10.7. The Balaban J connectivity index is 2.22. The van der Waals surface area contributed by atoms with Gasteiger partial charge in [0.2, 0.25) is 5.91 Å². The van der Waals surface area contributed by atoms with Gasteiger partial charge in [-0.05, 0) is 12.0 Å². The monoisotopic (exact) mass is 219 g/mol. The molecule has 1 aliphatic rings. The van der Waals surface area contributed by atoms with E-state index in [1.807, 2.05) is 30.3 Å². The van der Waals surface area contributed by atoms with Crippen LogP contribution in [0.15, 0.2) is 30.3 Å². The Kier molecular flexibility index (Phi) is 2.42. The second-order valence-electron chi connectivity index (χ2n) is 4.13. The normalized spacial score (nSPS) is 27.2. The molecule has 1 fully saturated rings. The Morgan fingerprint density at radius 2 is 2.00 bits per heavy atom. The number of carboxylic acids is 1. The lowest BCUT2D eigenvalue weighted by atomic mass is 10.1. The van der Waals surface area contributed by atoms with E-state index in [0.717, 1.165) is 5.56 Å². The molecule has 2 N–H and O–H groups in total. The van der Waals surface area contributed by atoms with Gasteiger partial charge in [0, 0.05) is 12.8 Å². The fourth-order valence-electron chi connectivity index (χ4n) is 2.09. The molecule has 1 aromatic carbocycles. The van der Waals surface area contributed by atoms with Crippen LogP contribution in [-0.4, -0.2) is 22.5 Å². The zero-order chi connectivity index (χ0) is 11.8. The highest BCUT2D eigenvalue weighted by atomic mass is 16.4. The van der Waals surface area contributed by atoms with E-state index in [-0.39, 0.29) is 11.8 Å². The lowest BCUT2D eigenvalue weighted by Gasteiger charge is -2.13. The van der Waals surface area contributed by atoms with Gasteiger partial charge in [-0.15, -0.1) is 0 Å². The third kappa shape index (κ3) is 1.66. The zero-order valence-corrected chi connectivity index (χ0v) is 8.93. The van der Waals surface area contributed by atoms with Crippen LogP contribution < -0.4 is 5.32 Å². The maximum atomic E-state index is 11.2. The molecular formula is C12H13NO3. The molecule has 1 aromatic rings. The van der Waals surface area contributed by atoms with Gasteiger partial charge < -0.3 is 10.4 Å². The van der Waals surface area contributed by atoms with Crippen molar-refractivity contribution in [1.82, 2.24) is 5.32 Å². The smallest absolute Gasteiger partial charge is 0.330 e. The van der Waals surface area contributed by atoms with Gasteiger partial charge in [0.05, 0.1) is 0 Å². The topological polar surface area (TPSA) is 66.4 Å². The van der Waals surface area contributed by atoms with Gasteiger partial charge in [0.15, 0.2) is 0 Å². The molecule has 1 amide bonds. The predicted molar refractivity (Wildman–Crippen MR) is 58.0 cm³/mol. The summed E-state index contributed by atoms with van der Waals surface area (Å²) in [7, 11) is 0. The summed E-state index contributed by atoms with van der Waals surface area (Å²) in [5.41, 5.74) is -0.133. The molecule has 2 rings (SSSR count). The average molecular weight is 219 g/mol. The summed E-state index contributed by atoms with van der Waals surface area (Å²) in [5.74, 6) is -1.38. The van der Waals surface area contributed by atoms with Gasteiger partial charge in [0.25, 0.3) is 0 Å². The molecule has 0 bridgehead atoms. The summed E-state index contributed by atoms with van der Waals surface area (Å²) in [6.45, 7) is 1.34. The molecule has 1 unspecified atom stereocenters. The first-order chi connectivity index (χ1) is 7.56. The van der Waals surface area contributed by atoms with Crippen LogP contribution in [0.3, 0.4) is 0 Å². The minimum absolute atomic E-state index is 0.116. The van der Waals surface area contributed by atoms with Crippen LogP contribution >= 0.6 is 0 Å². The van der Waals surface area contributed by atoms with Crippen molar-refractivity contribution in [2.24, 2.45) is 0 Å². The Morgan fingerprint density at radius 1 is 1.38 bits per heavy atom. The number of aliphatic carboxylic acids is 1. The number of nitrogens with one attached hydrogen (secondary N) is 1. The van der Waals surface area contributed by atoms with E-state index in [1.54, 1.807) is 0 Å². The van der Waals surface area contributed by atoms with Crippen molar-refractivity contribution in [2.45, 2.75) is 24.8 Å². The van der Waals surface area contributed by atoms with Crippen molar-refractivity contribution in [3.63, 3.8) is 0 Å². The van der Waals surface area contributed by atoms with Crippen LogP contribution in [0.4, 0.5) is 0 Å². The van der Waals surface area contributed by atoms with E-state index in [4.69, 9.17) is 5.11 Å². The summed E-state index contributed by atoms with van der Waals surface area (Å²) in [6.07, 6.45) is 0.464. The Hall–Kier alpha value is -1.84. The number of amides is 1. The van der Waals surface area contributed by atoms with Gasteiger partial charge >= 0.3 is 5.97 Å². The first-order valence-electron chi connectivity index (χ1n) is 5.13. The number of hydrogen-bond acceptors (Lipinski definition) is 2. The molecule has 2 atom stereocenters. The van der Waals surface area contributed by atoms with Gasteiger partial charge in [-0.2, -0.15) is 0 Å². The molecule has 1 aliphatic carbocycles. The maximum absolute atomic E-state index is 11.2. The molecular weight excluding hydrogens is 206 g/mol. The lowest BCUT2D eigenvalue weighted by molar-refractivity contribution is -0.143. The van der Waals surface area contributed by atoms with E-state index in [9.17, 15) is 9.59 Å². The van der Waals surface area contributed by atoms with Gasteiger partial charge in [-0.3, -0.25) is 4.79 Å². The van der Waals surface area contributed by atoms with Crippen LogP contribution in [0, 0.1) is 0 Å². The van der Waals surface area contributed by atoms with Gasteiger partial charge in [0.1, 0.15) is 5.54 Å². The number of benzene rings is 1. The highest BCUT2D eigenvalue weighted by molar-refractivity contribution is 5.91. The number of carbonyl (C=O) groups excluding carboxylic acids is 1. The average Bonchev–Trinajstić information content (AvgIpc) is 2.94. The summed E-state index contributed by atoms with van der Waals surface area (Å²) < 4.78 is 0. The summed E-state index contributed by atoms with van der Waals surface area (Å²) in [5, 5.41) is 11.7. The third-order valence-corrected chi connectivity index (χ3v) is 2.94. The van der Waals surface area contributed by atoms with Crippen LogP contribution in [-0.2, 0) is 9.59 Å². The van der Waals surface area contributed by atoms with E-state index in [0.29, 0.717) is 6.42 Å². The number of hydrogen-bond donors (Lipinski definition) is 2. The Bertz CT molecular complexity index is 429. The SMILES string of the molecule is CC(=O)N[C@@]1(C(=O)O)CC1c1ccccc1. The van der Waals surface area contributed by atoms with Crippen molar-refractivity contribution in [3.05, 3.63) is 35.9 Å².